The molecule has 0 aromatic heterocycles. The Hall–Kier alpha value is -4.16. The minimum atomic E-state index is 1.22. The molecule has 0 aliphatic heterocycles. The molecule has 0 saturated carbocycles. The lowest BCUT2D eigenvalue weighted by Crippen LogP contribution is -1.93. The van der Waals surface area contributed by atoms with E-state index < -0.39 is 0 Å². The molecular weight excluding hydrogens is 384 g/mol. The van der Waals surface area contributed by atoms with Crippen LogP contribution in [-0.4, -0.2) is 0 Å². The second-order valence-electron chi connectivity index (χ2n) is 8.40. The number of benzene rings is 6. The van der Waals surface area contributed by atoms with Gasteiger partial charge in [0, 0.05) is 0 Å². The molecule has 0 amide bonds. The van der Waals surface area contributed by atoms with Crippen LogP contribution in [0, 0.1) is 6.07 Å². The molecule has 7 rings (SSSR count). The van der Waals surface area contributed by atoms with Gasteiger partial charge in [-0.2, -0.15) is 0 Å². The first-order valence-corrected chi connectivity index (χ1v) is 11.1. The van der Waals surface area contributed by atoms with Crippen molar-refractivity contribution in [1.29, 1.82) is 0 Å². The second-order valence-corrected chi connectivity index (χ2v) is 8.40. The summed E-state index contributed by atoms with van der Waals surface area (Å²) in [4.78, 5) is 0. The van der Waals surface area contributed by atoms with E-state index in [-0.39, 0.29) is 0 Å². The van der Waals surface area contributed by atoms with Gasteiger partial charge in [0.2, 0.25) is 0 Å². The summed E-state index contributed by atoms with van der Waals surface area (Å²) in [6.07, 6.45) is 0. The topological polar surface area (TPSA) is 0 Å². The van der Waals surface area contributed by atoms with Crippen LogP contribution < -0.4 is 0 Å². The normalized spacial score (nSPS) is 11.8. The predicted molar refractivity (Wildman–Crippen MR) is 136 cm³/mol. The fourth-order valence-electron chi connectivity index (χ4n) is 5.45. The summed E-state index contributed by atoms with van der Waals surface area (Å²) in [6.45, 7) is 0. The van der Waals surface area contributed by atoms with E-state index in [1.54, 1.807) is 0 Å². The highest BCUT2D eigenvalue weighted by Crippen LogP contribution is 2.57. The van der Waals surface area contributed by atoms with Gasteiger partial charge in [0.1, 0.15) is 0 Å². The van der Waals surface area contributed by atoms with Crippen molar-refractivity contribution < 1.29 is 0 Å². The molecule has 0 unspecified atom stereocenters. The number of hydrogen-bond acceptors (Lipinski definition) is 0. The molecule has 0 bridgehead atoms. The smallest absolute Gasteiger partial charge is 0.000116 e. The van der Waals surface area contributed by atoms with E-state index in [0.29, 0.717) is 0 Å². The van der Waals surface area contributed by atoms with E-state index in [0.717, 1.165) is 0 Å². The number of fused-ring (bicyclic) bond motifs is 4. The summed E-state index contributed by atoms with van der Waals surface area (Å²) in [7, 11) is 0. The van der Waals surface area contributed by atoms with Gasteiger partial charge < -0.3 is 0 Å². The Balaban J connectivity index is 1.78. The van der Waals surface area contributed by atoms with E-state index in [1.807, 2.05) is 0 Å². The second kappa shape index (κ2) is 6.67. The van der Waals surface area contributed by atoms with E-state index in [4.69, 9.17) is 0 Å². The number of hydrogen-bond donors (Lipinski definition) is 0. The molecule has 0 fully saturated rings. The van der Waals surface area contributed by atoms with Gasteiger partial charge in [0.25, 0.3) is 0 Å². The van der Waals surface area contributed by atoms with Crippen LogP contribution in [0.3, 0.4) is 0 Å². The SMILES string of the molecule is [c]1ccc2cccc3c2c1-c1c-3c(-c2ccccc2)c2ccccc2c1-c1ccccc1. The highest BCUT2D eigenvalue weighted by atomic mass is 14.3. The van der Waals surface area contributed by atoms with Crippen molar-refractivity contribution in [3.05, 3.63) is 121 Å². The molecule has 0 heteroatoms. The van der Waals surface area contributed by atoms with Gasteiger partial charge in [-0.25, -0.2) is 0 Å². The average Bonchev–Trinajstić information content (AvgIpc) is 3.19. The first-order chi connectivity index (χ1) is 15.9. The Morgan fingerprint density at radius 3 is 1.69 bits per heavy atom. The molecule has 1 radical (unpaired) electrons. The van der Waals surface area contributed by atoms with Crippen molar-refractivity contribution >= 4 is 21.5 Å². The van der Waals surface area contributed by atoms with Crippen LogP contribution in [0.4, 0.5) is 0 Å². The summed E-state index contributed by atoms with van der Waals surface area (Å²) < 4.78 is 0. The minimum absolute atomic E-state index is 1.22. The molecule has 6 aromatic carbocycles. The first-order valence-electron chi connectivity index (χ1n) is 11.1. The van der Waals surface area contributed by atoms with Crippen LogP contribution in [0.5, 0.6) is 0 Å². The molecule has 6 aromatic rings. The van der Waals surface area contributed by atoms with Gasteiger partial charge in [-0.1, -0.05) is 115 Å². The van der Waals surface area contributed by atoms with Gasteiger partial charge in [-0.3, -0.25) is 0 Å². The molecule has 0 spiro atoms. The van der Waals surface area contributed by atoms with E-state index in [1.165, 1.54) is 66.1 Å². The summed E-state index contributed by atoms with van der Waals surface area (Å²) in [6, 6.07) is 45.1. The molecule has 0 heterocycles. The van der Waals surface area contributed by atoms with Crippen molar-refractivity contribution in [3.63, 3.8) is 0 Å². The fraction of sp³-hybridized carbons (Fsp3) is 0. The largest absolute Gasteiger partial charge is 0.0622 e. The van der Waals surface area contributed by atoms with Crippen molar-refractivity contribution in [2.24, 2.45) is 0 Å². The van der Waals surface area contributed by atoms with E-state index in [2.05, 4.69) is 121 Å². The summed E-state index contributed by atoms with van der Waals surface area (Å²) in [5.74, 6) is 0. The highest BCUT2D eigenvalue weighted by Gasteiger charge is 2.30. The molecule has 0 atom stereocenters. The van der Waals surface area contributed by atoms with Crippen molar-refractivity contribution in [1.82, 2.24) is 0 Å². The highest BCUT2D eigenvalue weighted by molar-refractivity contribution is 6.27. The zero-order valence-electron chi connectivity index (χ0n) is 17.5. The minimum Gasteiger partial charge on any atom is -0.0622 e. The Kier molecular flexibility index (Phi) is 3.65. The Bertz CT molecular complexity index is 1520. The van der Waals surface area contributed by atoms with Gasteiger partial charge in [0.05, 0.1) is 0 Å². The number of rotatable bonds is 2. The summed E-state index contributed by atoms with van der Waals surface area (Å²) >= 11 is 0. The molecule has 0 nitrogen and oxygen atoms in total. The zero-order chi connectivity index (χ0) is 21.1. The van der Waals surface area contributed by atoms with Crippen molar-refractivity contribution in [3.8, 4) is 44.5 Å². The monoisotopic (exact) mass is 403 g/mol. The molecule has 0 saturated heterocycles. The van der Waals surface area contributed by atoms with Crippen LogP contribution >= 0.6 is 0 Å². The molecule has 147 valence electrons. The first kappa shape index (κ1) is 17.5. The Labute approximate surface area is 187 Å². The lowest BCUT2D eigenvalue weighted by atomic mass is 9.82. The zero-order valence-corrected chi connectivity index (χ0v) is 17.5. The molecule has 1 aliphatic carbocycles. The molecule has 0 N–H and O–H groups in total. The maximum absolute atomic E-state index is 3.62. The third kappa shape index (κ3) is 2.32. The van der Waals surface area contributed by atoms with Crippen molar-refractivity contribution in [2.45, 2.75) is 0 Å². The van der Waals surface area contributed by atoms with E-state index in [9.17, 15) is 0 Å². The molecule has 1 aliphatic rings. The van der Waals surface area contributed by atoms with Crippen molar-refractivity contribution in [2.75, 3.05) is 0 Å². The van der Waals surface area contributed by atoms with Gasteiger partial charge >= 0.3 is 0 Å². The molecular formula is C32H19. The quantitative estimate of drug-likeness (QED) is 0.271. The maximum Gasteiger partial charge on any atom is -0.000116 e. The average molecular weight is 404 g/mol. The van der Waals surface area contributed by atoms with Crippen LogP contribution in [-0.2, 0) is 0 Å². The predicted octanol–water partition coefficient (Wildman–Crippen LogP) is 8.77. The fourth-order valence-corrected chi connectivity index (χ4v) is 5.45. The van der Waals surface area contributed by atoms with Crippen LogP contribution in [0.2, 0.25) is 0 Å². The summed E-state index contributed by atoms with van der Waals surface area (Å²) in [5, 5.41) is 5.17. The lowest BCUT2D eigenvalue weighted by Gasteiger charge is -2.20. The van der Waals surface area contributed by atoms with Crippen LogP contribution in [0.25, 0.3) is 66.1 Å². The van der Waals surface area contributed by atoms with Gasteiger partial charge in [-0.15, -0.1) is 0 Å². The van der Waals surface area contributed by atoms with Gasteiger partial charge in [0.15, 0.2) is 0 Å². The van der Waals surface area contributed by atoms with Gasteiger partial charge in [-0.05, 0) is 72.1 Å². The van der Waals surface area contributed by atoms with E-state index >= 15 is 0 Å². The third-order valence-corrected chi connectivity index (χ3v) is 6.70. The van der Waals surface area contributed by atoms with Crippen LogP contribution in [0.1, 0.15) is 0 Å². The lowest BCUT2D eigenvalue weighted by molar-refractivity contribution is 1.62. The molecule has 32 heavy (non-hydrogen) atoms. The van der Waals surface area contributed by atoms with Crippen LogP contribution in [0.15, 0.2) is 115 Å². The maximum atomic E-state index is 3.62. The Morgan fingerprint density at radius 1 is 0.438 bits per heavy atom. The summed E-state index contributed by atoms with van der Waals surface area (Å²) in [5.41, 5.74) is 10.3. The Morgan fingerprint density at radius 2 is 1.03 bits per heavy atom. The third-order valence-electron chi connectivity index (χ3n) is 6.70. The standard InChI is InChI=1S/C32H19/c1-3-11-22(12-4-1)29-24-17-7-8-18-25(24)30(23-13-5-2-6-14-23)32-27-20-10-16-21-15-9-19-26(28(21)27)31(29)32/h1-19H.